The third-order valence-electron chi connectivity index (χ3n) is 5.44. The van der Waals surface area contributed by atoms with Gasteiger partial charge in [0.25, 0.3) is 11.7 Å². The molecule has 0 aliphatic carbocycles. The summed E-state index contributed by atoms with van der Waals surface area (Å²) >= 11 is 0. The van der Waals surface area contributed by atoms with E-state index in [-0.39, 0.29) is 0 Å². The molecular formula is C27H26N2O4. The number of ketones is 1. The van der Waals surface area contributed by atoms with E-state index < -0.39 is 11.7 Å². The van der Waals surface area contributed by atoms with Crippen LogP contribution in [0.5, 0.6) is 11.5 Å². The lowest BCUT2D eigenvalue weighted by Gasteiger charge is -2.09. The molecule has 33 heavy (non-hydrogen) atoms. The Labute approximate surface area is 192 Å². The molecule has 1 amide bonds. The Morgan fingerprint density at radius 2 is 1.67 bits per heavy atom. The van der Waals surface area contributed by atoms with Crippen molar-refractivity contribution in [3.05, 3.63) is 90.3 Å². The largest absolute Gasteiger partial charge is 0.497 e. The van der Waals surface area contributed by atoms with Crippen molar-refractivity contribution in [1.29, 1.82) is 0 Å². The predicted molar refractivity (Wildman–Crippen MR) is 128 cm³/mol. The molecular weight excluding hydrogens is 416 g/mol. The molecule has 2 aromatic heterocycles. The van der Waals surface area contributed by atoms with Crippen LogP contribution >= 0.6 is 0 Å². The van der Waals surface area contributed by atoms with Gasteiger partial charge in [0, 0.05) is 23.8 Å². The molecule has 2 aromatic carbocycles. The highest BCUT2D eigenvalue weighted by Gasteiger charge is 2.24. The number of amides is 1. The standard InChI is InChI=1S/C27H26N2O4/c1-3-33-23-13-9-20(10-14-23)24-18-21-6-4-5-17-29(21)25(24)26(30)27(31)28-16-15-19-7-11-22(32-2)12-8-19/h4-14,17-18H,3,15-16H2,1-2H3,(H,28,31). The summed E-state index contributed by atoms with van der Waals surface area (Å²) < 4.78 is 12.4. The zero-order chi connectivity index (χ0) is 23.2. The number of aromatic nitrogens is 1. The zero-order valence-electron chi connectivity index (χ0n) is 18.7. The molecule has 4 aromatic rings. The first-order chi connectivity index (χ1) is 16.1. The van der Waals surface area contributed by atoms with Gasteiger partial charge in [-0.05, 0) is 66.9 Å². The normalized spacial score (nSPS) is 10.7. The molecule has 0 fully saturated rings. The quantitative estimate of drug-likeness (QED) is 0.305. The number of nitrogens with one attached hydrogen (secondary N) is 1. The minimum Gasteiger partial charge on any atom is -0.497 e. The number of Topliss-reactive ketones (excluding diaryl/α,β-unsaturated/α-hetero) is 1. The van der Waals surface area contributed by atoms with E-state index in [1.807, 2.05) is 79.7 Å². The molecule has 2 heterocycles. The van der Waals surface area contributed by atoms with E-state index in [0.717, 1.165) is 28.1 Å². The molecule has 0 spiro atoms. The number of hydrogen-bond acceptors (Lipinski definition) is 4. The van der Waals surface area contributed by atoms with Crippen LogP contribution < -0.4 is 14.8 Å². The summed E-state index contributed by atoms with van der Waals surface area (Å²) in [7, 11) is 1.62. The van der Waals surface area contributed by atoms with Crippen molar-refractivity contribution >= 4 is 17.2 Å². The number of rotatable bonds is 9. The number of pyridine rings is 1. The van der Waals surface area contributed by atoms with Gasteiger partial charge < -0.3 is 19.2 Å². The lowest BCUT2D eigenvalue weighted by Crippen LogP contribution is -2.33. The Morgan fingerprint density at radius 1 is 0.939 bits per heavy atom. The molecule has 0 radical (unpaired) electrons. The third-order valence-corrected chi connectivity index (χ3v) is 5.44. The average Bonchev–Trinajstić information content (AvgIpc) is 3.24. The number of nitrogens with zero attached hydrogens (tertiary/aromatic N) is 1. The Balaban J connectivity index is 1.55. The van der Waals surface area contributed by atoms with Crippen molar-refractivity contribution in [2.45, 2.75) is 13.3 Å². The van der Waals surface area contributed by atoms with Crippen molar-refractivity contribution < 1.29 is 19.1 Å². The maximum Gasteiger partial charge on any atom is 0.294 e. The molecule has 4 rings (SSSR count). The highest BCUT2D eigenvalue weighted by molar-refractivity contribution is 6.43. The van der Waals surface area contributed by atoms with Gasteiger partial charge in [-0.2, -0.15) is 0 Å². The van der Waals surface area contributed by atoms with Gasteiger partial charge in [-0.25, -0.2) is 0 Å². The van der Waals surface area contributed by atoms with Crippen LogP contribution in [-0.2, 0) is 11.2 Å². The fourth-order valence-electron chi connectivity index (χ4n) is 3.77. The Kier molecular flexibility index (Phi) is 6.74. The predicted octanol–water partition coefficient (Wildman–Crippen LogP) is 4.56. The minimum atomic E-state index is -0.625. The molecule has 0 aliphatic heterocycles. The number of hydrogen-bond donors (Lipinski definition) is 1. The molecule has 1 N–H and O–H groups in total. The van der Waals surface area contributed by atoms with Crippen molar-refractivity contribution in [2.75, 3.05) is 20.3 Å². The summed E-state index contributed by atoms with van der Waals surface area (Å²) in [6, 6.07) is 22.7. The van der Waals surface area contributed by atoms with Crippen molar-refractivity contribution in [3.8, 4) is 22.6 Å². The maximum absolute atomic E-state index is 13.2. The third kappa shape index (κ3) is 4.90. The van der Waals surface area contributed by atoms with Gasteiger partial charge in [0.15, 0.2) is 0 Å². The van der Waals surface area contributed by atoms with Gasteiger partial charge >= 0.3 is 0 Å². The first-order valence-electron chi connectivity index (χ1n) is 10.9. The SMILES string of the molecule is CCOc1ccc(-c2cc3ccccn3c2C(=O)C(=O)NCCc2ccc(OC)cc2)cc1. The second-order valence-corrected chi connectivity index (χ2v) is 7.54. The van der Waals surface area contributed by atoms with E-state index in [9.17, 15) is 9.59 Å². The van der Waals surface area contributed by atoms with E-state index in [4.69, 9.17) is 9.47 Å². The second-order valence-electron chi connectivity index (χ2n) is 7.54. The Morgan fingerprint density at radius 3 is 2.36 bits per heavy atom. The van der Waals surface area contributed by atoms with E-state index in [0.29, 0.717) is 30.8 Å². The Hall–Kier alpha value is -4.06. The molecule has 0 unspecified atom stereocenters. The summed E-state index contributed by atoms with van der Waals surface area (Å²) in [4.78, 5) is 26.0. The lowest BCUT2D eigenvalue weighted by atomic mass is 10.0. The fourth-order valence-corrected chi connectivity index (χ4v) is 3.77. The summed E-state index contributed by atoms with van der Waals surface area (Å²) in [6.07, 6.45) is 2.41. The van der Waals surface area contributed by atoms with Gasteiger partial charge in [0.2, 0.25) is 0 Å². The molecule has 0 aliphatic rings. The van der Waals surface area contributed by atoms with Crippen LogP contribution in [0.25, 0.3) is 16.6 Å². The van der Waals surface area contributed by atoms with Crippen LogP contribution in [-0.4, -0.2) is 36.4 Å². The van der Waals surface area contributed by atoms with Gasteiger partial charge in [-0.3, -0.25) is 9.59 Å². The molecule has 0 bridgehead atoms. The van der Waals surface area contributed by atoms with Gasteiger partial charge in [0.05, 0.1) is 13.7 Å². The lowest BCUT2D eigenvalue weighted by molar-refractivity contribution is -0.117. The van der Waals surface area contributed by atoms with Crippen molar-refractivity contribution in [1.82, 2.24) is 9.72 Å². The van der Waals surface area contributed by atoms with Crippen LogP contribution in [0.2, 0.25) is 0 Å². The highest BCUT2D eigenvalue weighted by Crippen LogP contribution is 2.29. The van der Waals surface area contributed by atoms with Crippen LogP contribution in [0.15, 0.2) is 79.0 Å². The van der Waals surface area contributed by atoms with Gasteiger partial charge in [0.1, 0.15) is 17.2 Å². The molecule has 6 nitrogen and oxygen atoms in total. The van der Waals surface area contributed by atoms with E-state index in [1.165, 1.54) is 0 Å². The molecule has 0 saturated heterocycles. The smallest absolute Gasteiger partial charge is 0.294 e. The van der Waals surface area contributed by atoms with Crippen LogP contribution in [0.3, 0.4) is 0 Å². The number of methoxy groups -OCH3 is 1. The van der Waals surface area contributed by atoms with Gasteiger partial charge in [-0.15, -0.1) is 0 Å². The topological polar surface area (TPSA) is 69.0 Å². The monoisotopic (exact) mass is 442 g/mol. The van der Waals surface area contributed by atoms with E-state index in [1.54, 1.807) is 17.7 Å². The van der Waals surface area contributed by atoms with Crippen LogP contribution in [0.1, 0.15) is 23.0 Å². The average molecular weight is 443 g/mol. The molecule has 6 heteroatoms. The number of carbonyl (C=O) groups excluding carboxylic acids is 2. The molecule has 0 atom stereocenters. The van der Waals surface area contributed by atoms with E-state index >= 15 is 0 Å². The maximum atomic E-state index is 13.2. The zero-order valence-corrected chi connectivity index (χ0v) is 18.7. The number of benzene rings is 2. The number of fused-ring (bicyclic) bond motifs is 1. The first kappa shape index (κ1) is 22.1. The minimum absolute atomic E-state index is 0.344. The summed E-state index contributed by atoms with van der Waals surface area (Å²) in [5, 5.41) is 2.76. The number of carbonyl (C=O) groups is 2. The fraction of sp³-hybridized carbons (Fsp3) is 0.185. The summed E-state index contributed by atoms with van der Waals surface area (Å²) in [5.41, 5.74) is 3.79. The van der Waals surface area contributed by atoms with Crippen molar-refractivity contribution in [3.63, 3.8) is 0 Å². The Bertz CT molecular complexity index is 1260. The molecule has 168 valence electrons. The second kappa shape index (κ2) is 10.0. The highest BCUT2D eigenvalue weighted by atomic mass is 16.5. The van der Waals surface area contributed by atoms with Crippen LogP contribution in [0, 0.1) is 0 Å². The van der Waals surface area contributed by atoms with Gasteiger partial charge in [-0.1, -0.05) is 30.3 Å². The summed E-state index contributed by atoms with van der Waals surface area (Å²) in [5.74, 6) is 0.341. The van der Waals surface area contributed by atoms with E-state index in [2.05, 4.69) is 5.32 Å². The van der Waals surface area contributed by atoms with Crippen LogP contribution in [0.4, 0.5) is 0 Å². The molecule has 0 saturated carbocycles. The van der Waals surface area contributed by atoms with Crippen molar-refractivity contribution in [2.24, 2.45) is 0 Å². The summed E-state index contributed by atoms with van der Waals surface area (Å²) in [6.45, 7) is 2.87. The number of ether oxygens (including phenoxy) is 2. The first-order valence-corrected chi connectivity index (χ1v) is 10.9.